The van der Waals surface area contributed by atoms with Gasteiger partial charge >= 0.3 is 0 Å². The first-order valence-electron chi connectivity index (χ1n) is 8.28. The maximum atomic E-state index is 5.63. The van der Waals surface area contributed by atoms with Crippen LogP contribution in [0, 0.1) is 0 Å². The predicted octanol–water partition coefficient (Wildman–Crippen LogP) is 4.61. The Morgan fingerprint density at radius 1 is 1.09 bits per heavy atom. The molecule has 0 aliphatic carbocycles. The number of anilines is 3. The molecule has 0 amide bonds. The van der Waals surface area contributed by atoms with Crippen LogP contribution in [0.3, 0.4) is 0 Å². The van der Waals surface area contributed by atoms with Crippen molar-refractivity contribution >= 4 is 17.5 Å². The Morgan fingerprint density at radius 2 is 1.87 bits per heavy atom. The molecular formula is C18H26N4O. The van der Waals surface area contributed by atoms with Crippen molar-refractivity contribution in [2.45, 2.75) is 46.1 Å². The van der Waals surface area contributed by atoms with Crippen molar-refractivity contribution in [1.82, 2.24) is 9.97 Å². The van der Waals surface area contributed by atoms with Crippen LogP contribution in [0.5, 0.6) is 5.75 Å². The number of hydrogen-bond donors (Lipinski definition) is 2. The zero-order valence-corrected chi connectivity index (χ0v) is 14.2. The van der Waals surface area contributed by atoms with Gasteiger partial charge in [0, 0.05) is 18.4 Å². The third-order valence-corrected chi connectivity index (χ3v) is 3.22. The Balaban J connectivity index is 1.91. The smallest absolute Gasteiger partial charge is 0.229 e. The molecule has 2 aromatic rings. The van der Waals surface area contributed by atoms with Gasteiger partial charge in [-0.25, -0.2) is 4.98 Å². The van der Waals surface area contributed by atoms with E-state index in [1.54, 1.807) is 6.20 Å². The van der Waals surface area contributed by atoms with Crippen LogP contribution in [0.1, 0.15) is 40.0 Å². The van der Waals surface area contributed by atoms with E-state index >= 15 is 0 Å². The van der Waals surface area contributed by atoms with Crippen LogP contribution in [-0.4, -0.2) is 22.6 Å². The first kappa shape index (κ1) is 17.1. The Kier molecular flexibility index (Phi) is 6.66. The van der Waals surface area contributed by atoms with E-state index in [0.29, 0.717) is 5.95 Å². The van der Waals surface area contributed by atoms with Crippen molar-refractivity contribution in [1.29, 1.82) is 0 Å². The largest absolute Gasteiger partial charge is 0.491 e. The van der Waals surface area contributed by atoms with Gasteiger partial charge in [-0.1, -0.05) is 19.8 Å². The molecule has 0 saturated heterocycles. The summed E-state index contributed by atoms with van der Waals surface area (Å²) in [7, 11) is 0. The molecule has 0 fully saturated rings. The molecule has 0 bridgehead atoms. The molecule has 0 aliphatic rings. The molecule has 23 heavy (non-hydrogen) atoms. The zero-order valence-electron chi connectivity index (χ0n) is 14.2. The average Bonchev–Trinajstić information content (AvgIpc) is 2.53. The van der Waals surface area contributed by atoms with Crippen LogP contribution in [0.15, 0.2) is 36.5 Å². The molecule has 2 N–H and O–H groups in total. The van der Waals surface area contributed by atoms with Crippen LogP contribution >= 0.6 is 0 Å². The molecule has 1 heterocycles. The fourth-order valence-corrected chi connectivity index (χ4v) is 2.13. The third kappa shape index (κ3) is 6.14. The SMILES string of the molecule is CCCCCNc1ccnc(Nc2ccc(OC(C)C)cc2)n1. The molecule has 124 valence electrons. The van der Waals surface area contributed by atoms with E-state index in [9.17, 15) is 0 Å². The van der Waals surface area contributed by atoms with E-state index < -0.39 is 0 Å². The summed E-state index contributed by atoms with van der Waals surface area (Å²) in [6.07, 6.45) is 5.53. The summed E-state index contributed by atoms with van der Waals surface area (Å²) >= 11 is 0. The van der Waals surface area contributed by atoms with Crippen LogP contribution in [0.2, 0.25) is 0 Å². The normalized spacial score (nSPS) is 10.6. The van der Waals surface area contributed by atoms with Crippen molar-refractivity contribution in [3.8, 4) is 5.75 Å². The van der Waals surface area contributed by atoms with E-state index in [0.717, 1.165) is 30.2 Å². The molecule has 0 spiro atoms. The molecular weight excluding hydrogens is 288 g/mol. The van der Waals surface area contributed by atoms with E-state index in [4.69, 9.17) is 4.74 Å². The molecule has 1 aromatic heterocycles. The van der Waals surface area contributed by atoms with Crippen LogP contribution in [0.25, 0.3) is 0 Å². The number of nitrogens with one attached hydrogen (secondary N) is 2. The number of aromatic nitrogens is 2. The standard InChI is InChI=1S/C18H26N4O/c1-4-5-6-12-19-17-11-13-20-18(22-17)21-15-7-9-16(10-8-15)23-14(2)3/h7-11,13-14H,4-6,12H2,1-3H3,(H2,19,20,21,22). The minimum Gasteiger partial charge on any atom is -0.491 e. The molecule has 0 saturated carbocycles. The van der Waals surface area contributed by atoms with Crippen molar-refractivity contribution in [2.24, 2.45) is 0 Å². The van der Waals surface area contributed by atoms with Gasteiger partial charge in [-0.15, -0.1) is 0 Å². The van der Waals surface area contributed by atoms with Crippen molar-refractivity contribution in [3.05, 3.63) is 36.5 Å². The fraction of sp³-hybridized carbons (Fsp3) is 0.444. The molecule has 0 aliphatic heterocycles. The second-order valence-electron chi connectivity index (χ2n) is 5.72. The van der Waals surface area contributed by atoms with Gasteiger partial charge in [-0.05, 0) is 50.6 Å². The Hall–Kier alpha value is -2.30. The van der Waals surface area contributed by atoms with Crippen LogP contribution in [0.4, 0.5) is 17.5 Å². The number of nitrogens with zero attached hydrogens (tertiary/aromatic N) is 2. The van der Waals surface area contributed by atoms with E-state index in [-0.39, 0.29) is 6.10 Å². The van der Waals surface area contributed by atoms with Crippen LogP contribution < -0.4 is 15.4 Å². The van der Waals surface area contributed by atoms with Gasteiger partial charge in [0.2, 0.25) is 5.95 Å². The first-order valence-corrected chi connectivity index (χ1v) is 8.28. The predicted molar refractivity (Wildman–Crippen MR) is 95.5 cm³/mol. The highest BCUT2D eigenvalue weighted by Gasteiger charge is 2.02. The van der Waals surface area contributed by atoms with Gasteiger partial charge in [-0.3, -0.25) is 0 Å². The quantitative estimate of drug-likeness (QED) is 0.662. The summed E-state index contributed by atoms with van der Waals surface area (Å²) in [4.78, 5) is 8.73. The fourth-order valence-electron chi connectivity index (χ4n) is 2.13. The zero-order chi connectivity index (χ0) is 16.5. The lowest BCUT2D eigenvalue weighted by Gasteiger charge is -2.11. The van der Waals surface area contributed by atoms with Crippen LogP contribution in [-0.2, 0) is 0 Å². The van der Waals surface area contributed by atoms with Gasteiger partial charge < -0.3 is 15.4 Å². The second-order valence-corrected chi connectivity index (χ2v) is 5.72. The van der Waals surface area contributed by atoms with E-state index in [2.05, 4.69) is 27.5 Å². The maximum Gasteiger partial charge on any atom is 0.229 e. The topological polar surface area (TPSA) is 59.1 Å². The molecule has 5 nitrogen and oxygen atoms in total. The summed E-state index contributed by atoms with van der Waals surface area (Å²) in [5.41, 5.74) is 0.934. The van der Waals surface area contributed by atoms with Gasteiger partial charge in [0.05, 0.1) is 6.10 Å². The van der Waals surface area contributed by atoms with Gasteiger partial charge in [0.25, 0.3) is 0 Å². The Labute approximate surface area is 138 Å². The van der Waals surface area contributed by atoms with Gasteiger partial charge in [-0.2, -0.15) is 4.98 Å². The summed E-state index contributed by atoms with van der Waals surface area (Å²) in [6.45, 7) is 7.16. The molecule has 0 radical (unpaired) electrons. The van der Waals surface area contributed by atoms with E-state index in [1.165, 1.54) is 12.8 Å². The monoisotopic (exact) mass is 314 g/mol. The molecule has 5 heteroatoms. The number of rotatable bonds is 9. The summed E-state index contributed by atoms with van der Waals surface area (Å²) in [6, 6.07) is 9.69. The lowest BCUT2D eigenvalue weighted by molar-refractivity contribution is 0.242. The summed E-state index contributed by atoms with van der Waals surface area (Å²) in [5.74, 6) is 2.29. The second kappa shape index (κ2) is 8.98. The van der Waals surface area contributed by atoms with Crippen molar-refractivity contribution < 1.29 is 4.74 Å². The Morgan fingerprint density at radius 3 is 2.57 bits per heavy atom. The van der Waals surface area contributed by atoms with E-state index in [1.807, 2.05) is 44.2 Å². The summed E-state index contributed by atoms with van der Waals surface area (Å²) < 4.78 is 5.63. The minimum atomic E-state index is 0.174. The average molecular weight is 314 g/mol. The minimum absolute atomic E-state index is 0.174. The number of unbranched alkanes of at least 4 members (excludes halogenated alkanes) is 2. The third-order valence-electron chi connectivity index (χ3n) is 3.22. The maximum absolute atomic E-state index is 5.63. The molecule has 2 rings (SSSR count). The van der Waals surface area contributed by atoms with Gasteiger partial charge in [0.15, 0.2) is 0 Å². The highest BCUT2D eigenvalue weighted by molar-refractivity contribution is 5.55. The highest BCUT2D eigenvalue weighted by atomic mass is 16.5. The lowest BCUT2D eigenvalue weighted by atomic mass is 10.2. The molecule has 0 atom stereocenters. The Bertz CT molecular complexity index is 584. The lowest BCUT2D eigenvalue weighted by Crippen LogP contribution is -2.06. The van der Waals surface area contributed by atoms with Crippen molar-refractivity contribution in [2.75, 3.05) is 17.2 Å². The summed E-state index contributed by atoms with van der Waals surface area (Å²) in [5, 5.41) is 6.53. The number of ether oxygens (including phenoxy) is 1. The van der Waals surface area contributed by atoms with Gasteiger partial charge in [0.1, 0.15) is 11.6 Å². The number of hydrogen-bond acceptors (Lipinski definition) is 5. The van der Waals surface area contributed by atoms with Crippen molar-refractivity contribution in [3.63, 3.8) is 0 Å². The highest BCUT2D eigenvalue weighted by Crippen LogP contribution is 2.19. The number of benzene rings is 1. The molecule has 1 aromatic carbocycles. The first-order chi connectivity index (χ1) is 11.2. The molecule has 0 unspecified atom stereocenters.